The quantitative estimate of drug-likeness (QED) is 0.820. The number of amides is 1. The SMILES string of the molecule is CCc1ccccc1S(=O)(=O)[C@H]1CN[C@@H](OC(=O)NC2(C#N)CC2)C1. The predicted molar refractivity (Wildman–Crippen MR) is 90.4 cm³/mol. The molecule has 0 bridgehead atoms. The number of benzene rings is 1. The molecule has 2 aliphatic rings. The molecule has 2 atom stereocenters. The number of hydrogen-bond acceptors (Lipinski definition) is 6. The van der Waals surface area contributed by atoms with E-state index in [0.717, 1.165) is 5.56 Å². The van der Waals surface area contributed by atoms with Gasteiger partial charge in [0.05, 0.1) is 16.2 Å². The van der Waals surface area contributed by atoms with Crippen LogP contribution in [0.2, 0.25) is 0 Å². The van der Waals surface area contributed by atoms with Gasteiger partial charge in [-0.1, -0.05) is 25.1 Å². The molecule has 8 heteroatoms. The Morgan fingerprint density at radius 1 is 1.44 bits per heavy atom. The molecule has 134 valence electrons. The molecule has 0 unspecified atom stereocenters. The van der Waals surface area contributed by atoms with E-state index in [-0.39, 0.29) is 13.0 Å². The van der Waals surface area contributed by atoms with Crippen LogP contribution < -0.4 is 10.6 Å². The third-order valence-electron chi connectivity index (χ3n) is 4.70. The zero-order chi connectivity index (χ0) is 18.1. The van der Waals surface area contributed by atoms with E-state index >= 15 is 0 Å². The number of rotatable bonds is 5. The summed E-state index contributed by atoms with van der Waals surface area (Å²) in [5, 5.41) is 13.8. The maximum Gasteiger partial charge on any atom is 0.409 e. The molecule has 1 aromatic carbocycles. The molecule has 1 saturated carbocycles. The second-order valence-electron chi connectivity index (χ2n) is 6.49. The summed E-state index contributed by atoms with van der Waals surface area (Å²) in [5.41, 5.74) is -0.0179. The number of carbonyl (C=O) groups is 1. The van der Waals surface area contributed by atoms with Gasteiger partial charge < -0.3 is 10.1 Å². The summed E-state index contributed by atoms with van der Waals surface area (Å²) in [5.74, 6) is 0. The van der Waals surface area contributed by atoms with E-state index in [4.69, 9.17) is 10.00 Å². The third-order valence-corrected chi connectivity index (χ3v) is 6.95. The van der Waals surface area contributed by atoms with Gasteiger partial charge in [0.25, 0.3) is 0 Å². The van der Waals surface area contributed by atoms with Crippen LogP contribution in [0.5, 0.6) is 0 Å². The number of carbonyl (C=O) groups excluding carboxylic acids is 1. The van der Waals surface area contributed by atoms with Crippen molar-refractivity contribution in [1.82, 2.24) is 10.6 Å². The highest BCUT2D eigenvalue weighted by molar-refractivity contribution is 7.92. The van der Waals surface area contributed by atoms with Crippen LogP contribution in [-0.4, -0.2) is 38.1 Å². The van der Waals surface area contributed by atoms with Crippen molar-refractivity contribution < 1.29 is 17.9 Å². The highest BCUT2D eigenvalue weighted by Crippen LogP contribution is 2.34. The highest BCUT2D eigenvalue weighted by Gasteiger charge is 2.46. The second kappa shape index (κ2) is 6.65. The summed E-state index contributed by atoms with van der Waals surface area (Å²) in [4.78, 5) is 12.2. The average Bonchev–Trinajstić information content (AvgIpc) is 3.21. The van der Waals surface area contributed by atoms with Crippen molar-refractivity contribution in [3.63, 3.8) is 0 Å². The Labute approximate surface area is 147 Å². The fraction of sp³-hybridized carbons (Fsp3) is 0.529. The lowest BCUT2D eigenvalue weighted by Gasteiger charge is -2.16. The van der Waals surface area contributed by atoms with Gasteiger partial charge in [-0.3, -0.25) is 5.32 Å². The second-order valence-corrected chi connectivity index (χ2v) is 8.68. The normalized spacial score (nSPS) is 24.3. The largest absolute Gasteiger partial charge is 0.430 e. The molecule has 0 radical (unpaired) electrons. The Morgan fingerprint density at radius 3 is 2.80 bits per heavy atom. The van der Waals surface area contributed by atoms with E-state index < -0.39 is 32.9 Å². The molecule has 2 N–H and O–H groups in total. The molecule has 1 aliphatic heterocycles. The molecule has 2 fully saturated rings. The van der Waals surface area contributed by atoms with Crippen molar-refractivity contribution in [3.8, 4) is 6.07 Å². The number of nitrogens with one attached hydrogen (secondary N) is 2. The number of nitrogens with zero attached hydrogens (tertiary/aromatic N) is 1. The Morgan fingerprint density at radius 2 is 2.16 bits per heavy atom. The van der Waals surface area contributed by atoms with E-state index in [1.165, 1.54) is 0 Å². The van der Waals surface area contributed by atoms with Gasteiger partial charge in [0, 0.05) is 13.0 Å². The number of aryl methyl sites for hydroxylation is 1. The van der Waals surface area contributed by atoms with Gasteiger partial charge in [-0.2, -0.15) is 5.26 Å². The van der Waals surface area contributed by atoms with E-state index in [0.29, 0.717) is 24.2 Å². The van der Waals surface area contributed by atoms with Gasteiger partial charge in [-0.25, -0.2) is 13.2 Å². The molecule has 1 saturated heterocycles. The molecular weight excluding hydrogens is 342 g/mol. The molecule has 0 spiro atoms. The first kappa shape index (κ1) is 17.7. The number of sulfone groups is 1. The summed E-state index contributed by atoms with van der Waals surface area (Å²) < 4.78 is 31.0. The third kappa shape index (κ3) is 3.62. The first-order valence-corrected chi connectivity index (χ1v) is 9.90. The minimum Gasteiger partial charge on any atom is -0.430 e. The monoisotopic (exact) mass is 363 g/mol. The zero-order valence-corrected chi connectivity index (χ0v) is 14.8. The van der Waals surface area contributed by atoms with Gasteiger partial charge in [0.1, 0.15) is 5.54 Å². The first-order valence-electron chi connectivity index (χ1n) is 8.35. The van der Waals surface area contributed by atoms with Crippen LogP contribution in [0.25, 0.3) is 0 Å². The molecule has 3 rings (SSSR count). The van der Waals surface area contributed by atoms with Gasteiger partial charge in [0.2, 0.25) is 0 Å². The van der Waals surface area contributed by atoms with Crippen LogP contribution in [0.4, 0.5) is 4.79 Å². The molecule has 1 heterocycles. The van der Waals surface area contributed by atoms with Crippen LogP contribution in [0.3, 0.4) is 0 Å². The summed E-state index contributed by atoms with van der Waals surface area (Å²) in [6.07, 6.45) is 0.677. The van der Waals surface area contributed by atoms with E-state index in [2.05, 4.69) is 10.6 Å². The molecule has 7 nitrogen and oxygen atoms in total. The number of nitriles is 1. The van der Waals surface area contributed by atoms with Crippen molar-refractivity contribution in [2.75, 3.05) is 6.54 Å². The topological polar surface area (TPSA) is 108 Å². The lowest BCUT2D eigenvalue weighted by Crippen LogP contribution is -2.40. The van der Waals surface area contributed by atoms with Crippen molar-refractivity contribution in [1.29, 1.82) is 5.26 Å². The maximum absolute atomic E-state index is 12.9. The zero-order valence-electron chi connectivity index (χ0n) is 14.0. The van der Waals surface area contributed by atoms with Gasteiger partial charge >= 0.3 is 6.09 Å². The standard InChI is InChI=1S/C17H21N3O4S/c1-2-12-5-3-4-6-14(12)25(22,23)13-9-15(19-10-13)24-16(21)20-17(11-18)7-8-17/h3-6,13,15,19H,2,7-10H2,1H3,(H,20,21)/t13-,15+/m1/s1. The van der Waals surface area contributed by atoms with Gasteiger partial charge in [0.15, 0.2) is 16.1 Å². The number of ether oxygens (including phenoxy) is 1. The Hall–Kier alpha value is -2.11. The minimum atomic E-state index is -3.50. The fourth-order valence-electron chi connectivity index (χ4n) is 2.99. The van der Waals surface area contributed by atoms with Crippen molar-refractivity contribution >= 4 is 15.9 Å². The van der Waals surface area contributed by atoms with Crippen molar-refractivity contribution in [2.45, 2.75) is 54.5 Å². The summed E-state index contributed by atoms with van der Waals surface area (Å²) in [7, 11) is -3.50. The van der Waals surface area contributed by atoms with E-state index in [1.54, 1.807) is 12.1 Å². The summed E-state index contributed by atoms with van der Waals surface area (Å²) >= 11 is 0. The molecule has 1 aromatic rings. The molecule has 1 aliphatic carbocycles. The molecular formula is C17H21N3O4S. The minimum absolute atomic E-state index is 0.188. The summed E-state index contributed by atoms with van der Waals surface area (Å²) in [6.45, 7) is 2.14. The van der Waals surface area contributed by atoms with Crippen molar-refractivity contribution in [2.24, 2.45) is 0 Å². The van der Waals surface area contributed by atoms with Crippen molar-refractivity contribution in [3.05, 3.63) is 29.8 Å². The lowest BCUT2D eigenvalue weighted by atomic mass is 10.2. The smallest absolute Gasteiger partial charge is 0.409 e. The lowest BCUT2D eigenvalue weighted by molar-refractivity contribution is 0.0876. The average molecular weight is 363 g/mol. The maximum atomic E-state index is 12.9. The number of hydrogen-bond donors (Lipinski definition) is 2. The molecule has 25 heavy (non-hydrogen) atoms. The first-order chi connectivity index (χ1) is 11.9. The Bertz CT molecular complexity index is 811. The van der Waals surface area contributed by atoms with E-state index in [9.17, 15) is 13.2 Å². The van der Waals surface area contributed by atoms with Crippen LogP contribution in [0.1, 0.15) is 31.7 Å². The van der Waals surface area contributed by atoms with Gasteiger partial charge in [-0.15, -0.1) is 0 Å². The van der Waals surface area contributed by atoms with Crippen LogP contribution in [0.15, 0.2) is 29.2 Å². The van der Waals surface area contributed by atoms with Crippen LogP contribution in [0, 0.1) is 11.3 Å². The molecule has 0 aromatic heterocycles. The molecule has 1 amide bonds. The van der Waals surface area contributed by atoms with Crippen LogP contribution in [-0.2, 0) is 21.0 Å². The summed E-state index contributed by atoms with van der Waals surface area (Å²) in [6, 6.07) is 9.02. The Kier molecular flexibility index (Phi) is 4.71. The fourth-order valence-corrected chi connectivity index (χ4v) is 4.94. The Balaban J connectivity index is 1.64. The van der Waals surface area contributed by atoms with Gasteiger partial charge in [-0.05, 0) is 30.9 Å². The van der Waals surface area contributed by atoms with E-state index in [1.807, 2.05) is 25.1 Å². The number of alkyl carbamates (subject to hydrolysis) is 1. The predicted octanol–water partition coefficient (Wildman–Crippen LogP) is 1.49. The van der Waals surface area contributed by atoms with Crippen LogP contribution >= 0.6 is 0 Å². The highest BCUT2D eigenvalue weighted by atomic mass is 32.2.